The van der Waals surface area contributed by atoms with Crippen LogP contribution in [0.4, 0.5) is 0 Å². The molecular formula is C24H20O2. The molecule has 0 atom stereocenters. The number of hydrogen-bond acceptors (Lipinski definition) is 2. The normalized spacial score (nSPS) is 11.3. The quantitative estimate of drug-likeness (QED) is 0.326. The van der Waals surface area contributed by atoms with E-state index in [4.69, 9.17) is 9.47 Å². The Bertz CT molecular complexity index is 1030. The minimum absolute atomic E-state index is 0.784. The molecule has 0 unspecified atom stereocenters. The second kappa shape index (κ2) is 6.93. The van der Waals surface area contributed by atoms with Crippen molar-refractivity contribution in [2.45, 2.75) is 0 Å². The van der Waals surface area contributed by atoms with Gasteiger partial charge < -0.3 is 9.47 Å². The topological polar surface area (TPSA) is 18.5 Å². The van der Waals surface area contributed by atoms with Crippen LogP contribution in [-0.4, -0.2) is 14.2 Å². The number of fused-ring (bicyclic) bond motifs is 2. The van der Waals surface area contributed by atoms with E-state index in [1.807, 2.05) is 18.2 Å². The van der Waals surface area contributed by atoms with Crippen molar-refractivity contribution in [3.63, 3.8) is 0 Å². The van der Waals surface area contributed by atoms with Gasteiger partial charge in [-0.2, -0.15) is 0 Å². The Hall–Kier alpha value is -3.26. The van der Waals surface area contributed by atoms with Crippen LogP contribution in [0, 0.1) is 0 Å². The van der Waals surface area contributed by atoms with E-state index in [1.54, 1.807) is 14.2 Å². The Morgan fingerprint density at radius 2 is 1.15 bits per heavy atom. The van der Waals surface area contributed by atoms with Gasteiger partial charge >= 0.3 is 0 Å². The monoisotopic (exact) mass is 340 g/mol. The summed E-state index contributed by atoms with van der Waals surface area (Å²) in [7, 11) is 3.33. The first-order valence-corrected chi connectivity index (χ1v) is 8.60. The molecule has 0 heterocycles. The van der Waals surface area contributed by atoms with E-state index in [2.05, 4.69) is 66.7 Å². The summed E-state index contributed by atoms with van der Waals surface area (Å²) in [6.07, 6.45) is 4.29. The standard InChI is InChI=1S/C24H20O2/c1-25-20-13-17(14-21(16-20)26-2)11-12-24-22-9-5-3-7-18(22)15-19-8-4-6-10-23(19)24/h3-16H,1-2H3/b12-11+. The van der Waals surface area contributed by atoms with Crippen LogP contribution in [0.1, 0.15) is 11.1 Å². The zero-order chi connectivity index (χ0) is 17.9. The predicted molar refractivity (Wildman–Crippen MR) is 110 cm³/mol. The minimum Gasteiger partial charge on any atom is -0.497 e. The van der Waals surface area contributed by atoms with Crippen LogP contribution in [0.25, 0.3) is 33.7 Å². The molecule has 4 rings (SSSR count). The summed E-state index contributed by atoms with van der Waals surface area (Å²) in [5.41, 5.74) is 2.26. The predicted octanol–water partition coefficient (Wildman–Crippen LogP) is 6.18. The highest BCUT2D eigenvalue weighted by atomic mass is 16.5. The van der Waals surface area contributed by atoms with Crippen LogP contribution >= 0.6 is 0 Å². The minimum atomic E-state index is 0.784. The summed E-state index contributed by atoms with van der Waals surface area (Å²) < 4.78 is 10.8. The molecule has 0 bridgehead atoms. The largest absolute Gasteiger partial charge is 0.497 e. The van der Waals surface area contributed by atoms with Gasteiger partial charge in [-0.3, -0.25) is 0 Å². The number of rotatable bonds is 4. The van der Waals surface area contributed by atoms with Gasteiger partial charge in [0.25, 0.3) is 0 Å². The van der Waals surface area contributed by atoms with E-state index in [1.165, 1.54) is 27.1 Å². The van der Waals surface area contributed by atoms with Crippen molar-refractivity contribution in [3.8, 4) is 11.5 Å². The summed E-state index contributed by atoms with van der Waals surface area (Å²) in [6, 6.07) is 25.1. The van der Waals surface area contributed by atoms with Gasteiger partial charge in [-0.15, -0.1) is 0 Å². The smallest absolute Gasteiger partial charge is 0.123 e. The summed E-state index contributed by atoms with van der Waals surface area (Å²) in [5.74, 6) is 1.57. The summed E-state index contributed by atoms with van der Waals surface area (Å²) in [5, 5.41) is 4.98. The lowest BCUT2D eigenvalue weighted by molar-refractivity contribution is 0.394. The molecule has 0 aliphatic heterocycles. The lowest BCUT2D eigenvalue weighted by Crippen LogP contribution is -1.88. The van der Waals surface area contributed by atoms with Crippen LogP contribution < -0.4 is 9.47 Å². The third-order valence-corrected chi connectivity index (χ3v) is 4.63. The Morgan fingerprint density at radius 1 is 0.615 bits per heavy atom. The first kappa shape index (κ1) is 16.2. The van der Waals surface area contributed by atoms with E-state index in [0.29, 0.717) is 0 Å². The zero-order valence-electron chi connectivity index (χ0n) is 14.9. The fraction of sp³-hybridized carbons (Fsp3) is 0.0833. The zero-order valence-corrected chi connectivity index (χ0v) is 14.9. The Kier molecular flexibility index (Phi) is 4.32. The fourth-order valence-corrected chi connectivity index (χ4v) is 3.33. The van der Waals surface area contributed by atoms with Crippen LogP contribution in [0.15, 0.2) is 72.8 Å². The lowest BCUT2D eigenvalue weighted by Gasteiger charge is -2.09. The molecular weight excluding hydrogens is 320 g/mol. The molecule has 0 fully saturated rings. The fourth-order valence-electron chi connectivity index (χ4n) is 3.33. The molecule has 0 N–H and O–H groups in total. The van der Waals surface area contributed by atoms with Crippen molar-refractivity contribution in [2.75, 3.05) is 14.2 Å². The highest BCUT2D eigenvalue weighted by molar-refractivity contribution is 6.07. The highest BCUT2D eigenvalue weighted by Gasteiger charge is 2.05. The maximum absolute atomic E-state index is 5.38. The first-order valence-electron chi connectivity index (χ1n) is 8.60. The second-order valence-electron chi connectivity index (χ2n) is 6.21. The van der Waals surface area contributed by atoms with E-state index in [-0.39, 0.29) is 0 Å². The van der Waals surface area contributed by atoms with Crippen molar-refractivity contribution in [2.24, 2.45) is 0 Å². The van der Waals surface area contributed by atoms with Crippen molar-refractivity contribution in [3.05, 3.63) is 83.9 Å². The van der Waals surface area contributed by atoms with Gasteiger partial charge in [0.05, 0.1) is 14.2 Å². The molecule has 2 heteroatoms. The van der Waals surface area contributed by atoms with Gasteiger partial charge in [0, 0.05) is 6.07 Å². The highest BCUT2D eigenvalue weighted by Crippen LogP contribution is 2.31. The molecule has 128 valence electrons. The Balaban J connectivity index is 1.89. The summed E-state index contributed by atoms with van der Waals surface area (Å²) >= 11 is 0. The van der Waals surface area contributed by atoms with Crippen LogP contribution in [-0.2, 0) is 0 Å². The molecule has 4 aromatic carbocycles. The molecule has 26 heavy (non-hydrogen) atoms. The third-order valence-electron chi connectivity index (χ3n) is 4.63. The van der Waals surface area contributed by atoms with Crippen LogP contribution in [0.5, 0.6) is 11.5 Å². The molecule has 2 nitrogen and oxygen atoms in total. The van der Waals surface area contributed by atoms with Gasteiger partial charge in [-0.1, -0.05) is 60.7 Å². The van der Waals surface area contributed by atoms with Crippen molar-refractivity contribution in [1.82, 2.24) is 0 Å². The molecule has 0 saturated carbocycles. The Labute approximate surface area is 153 Å². The molecule has 0 radical (unpaired) electrons. The third kappa shape index (κ3) is 3.02. The maximum atomic E-state index is 5.38. The second-order valence-corrected chi connectivity index (χ2v) is 6.21. The molecule has 0 amide bonds. The number of methoxy groups -OCH3 is 2. The number of ether oxygens (including phenoxy) is 2. The van der Waals surface area contributed by atoms with E-state index in [9.17, 15) is 0 Å². The van der Waals surface area contributed by atoms with Crippen molar-refractivity contribution >= 4 is 33.7 Å². The first-order chi connectivity index (χ1) is 12.8. The van der Waals surface area contributed by atoms with Crippen molar-refractivity contribution in [1.29, 1.82) is 0 Å². The lowest BCUT2D eigenvalue weighted by atomic mass is 9.96. The van der Waals surface area contributed by atoms with Gasteiger partial charge in [0.2, 0.25) is 0 Å². The van der Waals surface area contributed by atoms with Crippen molar-refractivity contribution < 1.29 is 9.47 Å². The van der Waals surface area contributed by atoms with Gasteiger partial charge in [-0.05, 0) is 50.9 Å². The van der Waals surface area contributed by atoms with Gasteiger partial charge in [0.15, 0.2) is 0 Å². The molecule has 0 spiro atoms. The molecule has 0 aromatic heterocycles. The Morgan fingerprint density at radius 3 is 1.69 bits per heavy atom. The SMILES string of the molecule is COc1cc(/C=C/c2c3ccccc3cc3ccccc23)cc(OC)c1. The number of hydrogen-bond donors (Lipinski definition) is 0. The molecule has 0 aliphatic rings. The van der Waals surface area contributed by atoms with Crippen LogP contribution in [0.3, 0.4) is 0 Å². The summed E-state index contributed by atoms with van der Waals surface area (Å²) in [6.45, 7) is 0. The van der Waals surface area contributed by atoms with E-state index < -0.39 is 0 Å². The molecule has 0 saturated heterocycles. The van der Waals surface area contributed by atoms with Crippen LogP contribution in [0.2, 0.25) is 0 Å². The maximum Gasteiger partial charge on any atom is 0.123 e. The van der Waals surface area contributed by atoms with E-state index >= 15 is 0 Å². The number of benzene rings is 4. The molecule has 4 aromatic rings. The average molecular weight is 340 g/mol. The van der Waals surface area contributed by atoms with Gasteiger partial charge in [0.1, 0.15) is 11.5 Å². The average Bonchev–Trinajstić information content (AvgIpc) is 2.70. The van der Waals surface area contributed by atoms with Gasteiger partial charge in [-0.25, -0.2) is 0 Å². The molecule has 0 aliphatic carbocycles. The van der Waals surface area contributed by atoms with E-state index in [0.717, 1.165) is 17.1 Å². The summed E-state index contributed by atoms with van der Waals surface area (Å²) in [4.78, 5) is 0.